The average molecular weight is 310 g/mol. The first-order valence-electron chi connectivity index (χ1n) is 0.577. The van der Waals surface area contributed by atoms with Crippen LogP contribution in [0.2, 0.25) is 0 Å². The summed E-state index contributed by atoms with van der Waals surface area (Å²) in [6.07, 6.45) is 0. The zero-order valence-electron chi connectivity index (χ0n) is 3.52. The Morgan fingerprint density at radius 1 is 1.00 bits per heavy atom. The van der Waals surface area contributed by atoms with Crippen LogP contribution in [0.1, 0.15) is 0 Å². The first kappa shape index (κ1) is 16.0. The maximum Gasteiger partial charge on any atom is 1.00 e. The summed E-state index contributed by atoms with van der Waals surface area (Å²) in [6, 6.07) is 0. The average Bonchev–Trinajstić information content (AvgIpc) is 0.918. The van der Waals surface area contributed by atoms with Crippen molar-refractivity contribution < 1.29 is 148 Å². The Kier molecular flexibility index (Phi) is 50.4. The Balaban J connectivity index is -0.0000000200. The van der Waals surface area contributed by atoms with Crippen LogP contribution in [0.25, 0.3) is 0 Å². The molecular formula is HBCs2O2. The summed E-state index contributed by atoms with van der Waals surface area (Å²) >= 11 is 0. The molecule has 0 saturated carbocycles. The minimum Gasteiger partial charge on any atom is -0.896 e. The summed E-state index contributed by atoms with van der Waals surface area (Å²) < 4.78 is 0. The van der Waals surface area contributed by atoms with Gasteiger partial charge in [0, 0.05) is 0 Å². The zero-order valence-corrected chi connectivity index (χ0v) is 16.1. The second-order valence-electron chi connectivity index (χ2n) is 0.118. The van der Waals surface area contributed by atoms with Crippen LogP contribution in [0.15, 0.2) is 0 Å². The first-order chi connectivity index (χ1) is 1.41. The van der Waals surface area contributed by atoms with Gasteiger partial charge in [-0.2, -0.15) is 0 Å². The van der Waals surface area contributed by atoms with Gasteiger partial charge >= 0.3 is 138 Å². The van der Waals surface area contributed by atoms with Crippen LogP contribution >= 0.6 is 0 Å². The van der Waals surface area contributed by atoms with E-state index in [1.54, 1.807) is 0 Å². The molecule has 0 aliphatic carbocycles. The summed E-state index contributed by atoms with van der Waals surface area (Å²) in [4.78, 5) is 0. The second-order valence-corrected chi connectivity index (χ2v) is 0.118. The van der Waals surface area contributed by atoms with Gasteiger partial charge in [0.15, 0.2) is 0 Å². The van der Waals surface area contributed by atoms with E-state index >= 15 is 0 Å². The third kappa shape index (κ3) is 17.9. The monoisotopic (exact) mass is 310 g/mol. The minimum atomic E-state index is -1.25. The van der Waals surface area contributed by atoms with Crippen molar-refractivity contribution in [2.24, 2.45) is 0 Å². The molecule has 0 saturated heterocycles. The van der Waals surface area contributed by atoms with Gasteiger partial charge in [-0.15, -0.1) is 7.69 Å². The van der Waals surface area contributed by atoms with E-state index < -0.39 is 7.69 Å². The smallest absolute Gasteiger partial charge is 0.896 e. The number of rotatable bonds is 0. The Morgan fingerprint density at radius 2 is 1.00 bits per heavy atom. The predicted octanol–water partition coefficient (Wildman–Crippen LogP) is -9.02. The van der Waals surface area contributed by atoms with E-state index in [1.807, 2.05) is 0 Å². The molecule has 0 spiro atoms. The van der Waals surface area contributed by atoms with Crippen LogP contribution in [0, 0.1) is 0 Å². The maximum atomic E-state index is 8.38. The maximum absolute atomic E-state index is 8.38. The van der Waals surface area contributed by atoms with E-state index in [1.165, 1.54) is 0 Å². The van der Waals surface area contributed by atoms with E-state index in [0.717, 1.165) is 0 Å². The van der Waals surface area contributed by atoms with Gasteiger partial charge in [-0.25, -0.2) is 0 Å². The van der Waals surface area contributed by atoms with Gasteiger partial charge in [0.25, 0.3) is 0 Å². The van der Waals surface area contributed by atoms with Gasteiger partial charge < -0.3 is 10.0 Å². The van der Waals surface area contributed by atoms with Crippen LogP contribution in [0.4, 0.5) is 0 Å². The van der Waals surface area contributed by atoms with Gasteiger partial charge in [0.1, 0.15) is 0 Å². The fourth-order valence-electron chi connectivity index (χ4n) is 0. The molecule has 0 aromatic rings. The van der Waals surface area contributed by atoms with E-state index in [-0.39, 0.29) is 138 Å². The van der Waals surface area contributed by atoms with Crippen LogP contribution in [-0.4, -0.2) is 7.69 Å². The quantitative estimate of drug-likeness (QED) is 0.417. The van der Waals surface area contributed by atoms with Crippen LogP contribution in [-0.2, 0) is 0 Å². The van der Waals surface area contributed by atoms with Gasteiger partial charge in [0.2, 0.25) is 0 Å². The molecule has 0 amide bonds. The van der Waals surface area contributed by atoms with Crippen molar-refractivity contribution >= 4 is 7.69 Å². The molecule has 0 aliphatic heterocycles. The molecule has 0 aromatic carbocycles. The molecule has 5 heavy (non-hydrogen) atoms. The molecule has 0 atom stereocenters. The third-order valence-electron chi connectivity index (χ3n) is 0. The van der Waals surface area contributed by atoms with Crippen molar-refractivity contribution in [1.29, 1.82) is 0 Å². The van der Waals surface area contributed by atoms with Crippen molar-refractivity contribution in [2.45, 2.75) is 0 Å². The van der Waals surface area contributed by atoms with Gasteiger partial charge in [0.05, 0.1) is 0 Å². The molecule has 0 rings (SSSR count). The molecule has 0 unspecified atom stereocenters. The SMILES string of the molecule is [Cs+].[Cs+].[O-]B[O-]. The zero-order chi connectivity index (χ0) is 2.71. The molecule has 18 valence electrons. The van der Waals surface area contributed by atoms with Crippen molar-refractivity contribution in [3.63, 3.8) is 0 Å². The van der Waals surface area contributed by atoms with Crippen molar-refractivity contribution in [3.05, 3.63) is 0 Å². The summed E-state index contributed by atoms with van der Waals surface area (Å²) in [5, 5.41) is 16.8. The fraction of sp³-hybridized carbons (Fsp3) is 0. The molecule has 0 aromatic heterocycles. The largest absolute Gasteiger partial charge is 1.00 e. The van der Waals surface area contributed by atoms with Gasteiger partial charge in [-0.1, -0.05) is 0 Å². The number of hydrogen-bond donors (Lipinski definition) is 0. The molecule has 0 bridgehead atoms. The molecule has 0 fully saturated rings. The summed E-state index contributed by atoms with van der Waals surface area (Å²) in [5.74, 6) is 0. The molecular weight excluding hydrogens is 309 g/mol. The molecule has 0 heterocycles. The fourth-order valence-corrected chi connectivity index (χ4v) is 0. The standard InChI is InChI=1S/BHO2.2Cs/c2-1-3;;/h1H;;/q-2;2*+1. The van der Waals surface area contributed by atoms with Crippen molar-refractivity contribution in [2.75, 3.05) is 0 Å². The van der Waals surface area contributed by atoms with Crippen LogP contribution in [0.5, 0.6) is 0 Å². The molecule has 0 N–H and O–H groups in total. The normalized spacial score (nSPS) is 2.80. The van der Waals surface area contributed by atoms with Crippen molar-refractivity contribution in [1.82, 2.24) is 0 Å². The van der Waals surface area contributed by atoms with E-state index in [0.29, 0.717) is 0 Å². The summed E-state index contributed by atoms with van der Waals surface area (Å²) in [7, 11) is -1.25. The Hall–Kier alpha value is 4.09. The van der Waals surface area contributed by atoms with E-state index in [4.69, 9.17) is 10.0 Å². The molecule has 2 nitrogen and oxygen atoms in total. The third-order valence-corrected chi connectivity index (χ3v) is 0. The summed E-state index contributed by atoms with van der Waals surface area (Å²) in [6.45, 7) is 0. The molecule has 0 aliphatic rings. The molecule has 5 heteroatoms. The van der Waals surface area contributed by atoms with Crippen molar-refractivity contribution in [3.8, 4) is 0 Å². The molecule has 0 radical (unpaired) electrons. The Morgan fingerprint density at radius 3 is 1.00 bits per heavy atom. The minimum absolute atomic E-state index is 0. The van der Waals surface area contributed by atoms with Crippen LogP contribution in [0.3, 0.4) is 0 Å². The van der Waals surface area contributed by atoms with E-state index in [9.17, 15) is 0 Å². The Labute approximate surface area is 150 Å². The van der Waals surface area contributed by atoms with Gasteiger partial charge in [-0.05, 0) is 0 Å². The Bertz CT molecular complexity index is 7.61. The van der Waals surface area contributed by atoms with Crippen LogP contribution < -0.4 is 148 Å². The first-order valence-corrected chi connectivity index (χ1v) is 0.577. The number of hydrogen-bond acceptors (Lipinski definition) is 2. The van der Waals surface area contributed by atoms with E-state index in [2.05, 4.69) is 0 Å². The van der Waals surface area contributed by atoms with Gasteiger partial charge in [-0.3, -0.25) is 0 Å². The topological polar surface area (TPSA) is 46.1 Å². The predicted molar refractivity (Wildman–Crippen MR) is 7.15 cm³/mol. The second kappa shape index (κ2) is 15.7. The summed E-state index contributed by atoms with van der Waals surface area (Å²) in [5.41, 5.74) is 0.